The zero-order valence-corrected chi connectivity index (χ0v) is 12.0. The predicted octanol–water partition coefficient (Wildman–Crippen LogP) is 1.89. The summed E-state index contributed by atoms with van der Waals surface area (Å²) < 4.78 is 16.9. The third kappa shape index (κ3) is 8.24. The highest BCUT2D eigenvalue weighted by molar-refractivity contribution is 6.66. The largest absolute Gasteiger partial charge is 0.395 e. The first-order chi connectivity index (χ1) is 7.68. The SMILES string of the molecule is CCO[Si](C)(CCCOCCCN)OCC. The molecule has 0 saturated heterocycles. The quantitative estimate of drug-likeness (QED) is 0.449. The number of hydrogen-bond donors (Lipinski definition) is 1. The molecular weight excluding hydrogens is 222 g/mol. The molecule has 0 aliphatic heterocycles. The second-order valence-corrected chi connectivity index (χ2v) is 7.20. The maximum Gasteiger partial charge on any atom is 0.334 e. The van der Waals surface area contributed by atoms with Crippen molar-refractivity contribution in [2.45, 2.75) is 39.3 Å². The van der Waals surface area contributed by atoms with Gasteiger partial charge in [-0.15, -0.1) is 0 Å². The summed E-state index contributed by atoms with van der Waals surface area (Å²) in [5, 5.41) is 0. The minimum atomic E-state index is -1.92. The first-order valence-electron chi connectivity index (χ1n) is 6.24. The van der Waals surface area contributed by atoms with E-state index in [1.165, 1.54) is 0 Å². The second kappa shape index (κ2) is 10.2. The van der Waals surface area contributed by atoms with Gasteiger partial charge in [0.15, 0.2) is 0 Å². The second-order valence-electron chi connectivity index (χ2n) is 3.86. The summed E-state index contributed by atoms with van der Waals surface area (Å²) in [6, 6.07) is 0.997. The van der Waals surface area contributed by atoms with Crippen LogP contribution in [0.4, 0.5) is 0 Å². The highest BCUT2D eigenvalue weighted by atomic mass is 28.4. The summed E-state index contributed by atoms with van der Waals surface area (Å²) in [4.78, 5) is 0. The molecule has 0 bridgehead atoms. The number of nitrogens with two attached hydrogens (primary N) is 1. The normalized spacial score (nSPS) is 12.0. The molecule has 2 N–H and O–H groups in total. The van der Waals surface area contributed by atoms with E-state index >= 15 is 0 Å². The number of hydrogen-bond acceptors (Lipinski definition) is 4. The van der Waals surface area contributed by atoms with Gasteiger partial charge < -0.3 is 19.3 Å². The molecule has 16 heavy (non-hydrogen) atoms. The average molecular weight is 249 g/mol. The highest BCUT2D eigenvalue weighted by Crippen LogP contribution is 2.15. The van der Waals surface area contributed by atoms with Crippen LogP contribution in [0.5, 0.6) is 0 Å². The van der Waals surface area contributed by atoms with Crippen LogP contribution in [0.2, 0.25) is 12.6 Å². The Bertz CT molecular complexity index is 152. The number of ether oxygens (including phenoxy) is 1. The minimum Gasteiger partial charge on any atom is -0.395 e. The fourth-order valence-corrected chi connectivity index (χ4v) is 3.96. The van der Waals surface area contributed by atoms with Crippen LogP contribution in [0, 0.1) is 0 Å². The molecule has 4 nitrogen and oxygen atoms in total. The maximum atomic E-state index is 5.74. The molecule has 98 valence electrons. The molecule has 0 atom stereocenters. The van der Waals surface area contributed by atoms with E-state index in [1.807, 2.05) is 13.8 Å². The van der Waals surface area contributed by atoms with Crippen LogP contribution in [-0.4, -0.2) is 41.5 Å². The van der Waals surface area contributed by atoms with Crippen molar-refractivity contribution in [1.29, 1.82) is 0 Å². The third-order valence-corrected chi connectivity index (χ3v) is 5.37. The van der Waals surface area contributed by atoms with Gasteiger partial charge in [0.05, 0.1) is 0 Å². The Morgan fingerprint density at radius 1 is 1.00 bits per heavy atom. The van der Waals surface area contributed by atoms with Gasteiger partial charge in [0, 0.05) is 26.4 Å². The lowest BCUT2D eigenvalue weighted by atomic mass is 10.4. The molecule has 0 aromatic heterocycles. The van der Waals surface area contributed by atoms with E-state index in [-0.39, 0.29) is 0 Å². The Balaban J connectivity index is 3.59. The molecule has 0 spiro atoms. The van der Waals surface area contributed by atoms with Gasteiger partial charge in [0.25, 0.3) is 0 Å². The Hall–Kier alpha value is 0.0569. The standard InChI is InChI=1S/C11H27NO3Si/c1-4-14-16(3,15-5-2)11-7-10-13-9-6-8-12/h4-12H2,1-3H3. The van der Waals surface area contributed by atoms with Crippen molar-refractivity contribution in [1.82, 2.24) is 0 Å². The lowest BCUT2D eigenvalue weighted by Crippen LogP contribution is -2.38. The Morgan fingerprint density at radius 2 is 1.56 bits per heavy atom. The van der Waals surface area contributed by atoms with Crippen molar-refractivity contribution < 1.29 is 13.6 Å². The van der Waals surface area contributed by atoms with Crippen molar-refractivity contribution in [2.75, 3.05) is 33.0 Å². The molecule has 0 rings (SSSR count). The van der Waals surface area contributed by atoms with Gasteiger partial charge >= 0.3 is 8.56 Å². The molecule has 0 aliphatic carbocycles. The van der Waals surface area contributed by atoms with Crippen molar-refractivity contribution in [2.24, 2.45) is 5.73 Å². The van der Waals surface area contributed by atoms with Gasteiger partial charge in [0.1, 0.15) is 0 Å². The fraction of sp³-hybridized carbons (Fsp3) is 1.00. The molecule has 0 fully saturated rings. The zero-order valence-electron chi connectivity index (χ0n) is 11.0. The van der Waals surface area contributed by atoms with E-state index in [0.717, 1.165) is 45.3 Å². The van der Waals surface area contributed by atoms with Gasteiger partial charge in [-0.3, -0.25) is 0 Å². The molecule has 5 heteroatoms. The average Bonchev–Trinajstić information content (AvgIpc) is 2.24. The monoisotopic (exact) mass is 249 g/mol. The lowest BCUT2D eigenvalue weighted by molar-refractivity contribution is 0.128. The van der Waals surface area contributed by atoms with Crippen LogP contribution in [0.1, 0.15) is 26.7 Å². The lowest BCUT2D eigenvalue weighted by Gasteiger charge is -2.25. The van der Waals surface area contributed by atoms with Crippen molar-refractivity contribution in [3.63, 3.8) is 0 Å². The third-order valence-electron chi connectivity index (χ3n) is 2.31. The van der Waals surface area contributed by atoms with Crippen molar-refractivity contribution in [3.8, 4) is 0 Å². The summed E-state index contributed by atoms with van der Waals surface area (Å²) in [5.74, 6) is 0. The van der Waals surface area contributed by atoms with Crippen LogP contribution in [0.3, 0.4) is 0 Å². The van der Waals surface area contributed by atoms with E-state index in [0.29, 0.717) is 6.54 Å². The van der Waals surface area contributed by atoms with Gasteiger partial charge in [0.2, 0.25) is 0 Å². The van der Waals surface area contributed by atoms with E-state index in [4.69, 9.17) is 19.3 Å². The first kappa shape index (κ1) is 16.1. The van der Waals surface area contributed by atoms with Crippen LogP contribution in [0.15, 0.2) is 0 Å². The van der Waals surface area contributed by atoms with Crippen LogP contribution in [0.25, 0.3) is 0 Å². The molecule has 0 unspecified atom stereocenters. The molecule has 0 amide bonds. The summed E-state index contributed by atoms with van der Waals surface area (Å²) in [6.45, 7) is 9.86. The first-order valence-corrected chi connectivity index (χ1v) is 8.76. The van der Waals surface area contributed by atoms with Crippen LogP contribution < -0.4 is 5.73 Å². The Morgan fingerprint density at radius 3 is 2.06 bits per heavy atom. The van der Waals surface area contributed by atoms with E-state index in [1.54, 1.807) is 0 Å². The smallest absolute Gasteiger partial charge is 0.334 e. The zero-order chi connectivity index (χ0) is 12.3. The molecule has 0 radical (unpaired) electrons. The van der Waals surface area contributed by atoms with E-state index in [9.17, 15) is 0 Å². The Labute approximate surface area is 101 Å². The molecule has 0 heterocycles. The minimum absolute atomic E-state index is 0.699. The summed E-state index contributed by atoms with van der Waals surface area (Å²) in [6.07, 6.45) is 1.94. The van der Waals surface area contributed by atoms with Crippen molar-refractivity contribution >= 4 is 8.56 Å². The number of rotatable bonds is 11. The molecule has 0 aliphatic rings. The summed E-state index contributed by atoms with van der Waals surface area (Å²) in [7, 11) is -1.92. The topological polar surface area (TPSA) is 53.7 Å². The maximum absolute atomic E-state index is 5.74. The highest BCUT2D eigenvalue weighted by Gasteiger charge is 2.29. The van der Waals surface area contributed by atoms with Gasteiger partial charge in [-0.05, 0) is 45.8 Å². The predicted molar refractivity (Wildman–Crippen MR) is 68.8 cm³/mol. The van der Waals surface area contributed by atoms with Crippen molar-refractivity contribution in [3.05, 3.63) is 0 Å². The van der Waals surface area contributed by atoms with Gasteiger partial charge in [-0.25, -0.2) is 0 Å². The van der Waals surface area contributed by atoms with Crippen LogP contribution in [-0.2, 0) is 13.6 Å². The van der Waals surface area contributed by atoms with Crippen LogP contribution >= 0.6 is 0 Å². The molecule has 0 aromatic carbocycles. The van der Waals surface area contributed by atoms with Gasteiger partial charge in [-0.2, -0.15) is 0 Å². The molecule has 0 saturated carbocycles. The summed E-state index contributed by atoms with van der Waals surface area (Å²) >= 11 is 0. The van der Waals surface area contributed by atoms with E-state index in [2.05, 4.69) is 6.55 Å². The van der Waals surface area contributed by atoms with E-state index < -0.39 is 8.56 Å². The molecular formula is C11H27NO3Si. The fourth-order valence-electron chi connectivity index (χ4n) is 1.58. The summed E-state index contributed by atoms with van der Waals surface area (Å²) in [5.41, 5.74) is 5.38. The van der Waals surface area contributed by atoms with Gasteiger partial charge in [-0.1, -0.05) is 0 Å². The molecule has 0 aromatic rings. The Kier molecular flexibility index (Phi) is 10.3.